The fourth-order valence-electron chi connectivity index (χ4n) is 3.16. The number of benzene rings is 2. The van der Waals surface area contributed by atoms with Crippen LogP contribution in [0.4, 0.5) is 0 Å². The summed E-state index contributed by atoms with van der Waals surface area (Å²) >= 11 is 3.33. The summed E-state index contributed by atoms with van der Waals surface area (Å²) in [5.41, 5.74) is 3.32. The predicted octanol–water partition coefficient (Wildman–Crippen LogP) is 6.16. The molecule has 2 aromatic heterocycles. The summed E-state index contributed by atoms with van der Waals surface area (Å²) in [5, 5.41) is 12.9. The number of thioether (sulfide) groups is 1. The van der Waals surface area contributed by atoms with E-state index in [4.69, 9.17) is 9.72 Å². The number of para-hydroxylation sites is 1. The second kappa shape index (κ2) is 9.45. The zero-order chi connectivity index (χ0) is 20.9. The number of aryl methyl sites for hydroxylation is 1. The lowest BCUT2D eigenvalue weighted by molar-refractivity contribution is 0.208. The largest absolute Gasteiger partial charge is 0.482 e. The number of ether oxygens (including phenoxy) is 1. The Kier molecular flexibility index (Phi) is 6.50. The Morgan fingerprint density at radius 3 is 2.60 bits per heavy atom. The van der Waals surface area contributed by atoms with Crippen molar-refractivity contribution < 1.29 is 4.74 Å². The predicted molar refractivity (Wildman–Crippen MR) is 123 cm³/mol. The zero-order valence-corrected chi connectivity index (χ0v) is 18.9. The summed E-state index contributed by atoms with van der Waals surface area (Å²) in [7, 11) is 0. The molecule has 0 aliphatic heterocycles. The monoisotopic (exact) mass is 436 g/mol. The van der Waals surface area contributed by atoms with Gasteiger partial charge in [-0.25, -0.2) is 4.98 Å². The van der Waals surface area contributed by atoms with Crippen LogP contribution in [0.25, 0.3) is 10.6 Å². The molecule has 0 amide bonds. The molecule has 5 nitrogen and oxygen atoms in total. The maximum absolute atomic E-state index is 6.16. The molecule has 1 unspecified atom stereocenters. The molecule has 2 aromatic carbocycles. The van der Waals surface area contributed by atoms with Crippen LogP contribution in [0.2, 0.25) is 0 Å². The van der Waals surface area contributed by atoms with Crippen LogP contribution < -0.4 is 4.74 Å². The van der Waals surface area contributed by atoms with Crippen LogP contribution in [-0.2, 0) is 12.3 Å². The topological polar surface area (TPSA) is 52.8 Å². The van der Waals surface area contributed by atoms with Gasteiger partial charge in [0.1, 0.15) is 10.8 Å². The van der Waals surface area contributed by atoms with E-state index in [1.54, 1.807) is 23.1 Å². The number of hydrogen-bond donors (Lipinski definition) is 0. The highest BCUT2D eigenvalue weighted by molar-refractivity contribution is 7.98. The molecule has 0 N–H and O–H groups in total. The van der Waals surface area contributed by atoms with Crippen LogP contribution in [0.15, 0.2) is 65.1 Å². The van der Waals surface area contributed by atoms with E-state index in [9.17, 15) is 0 Å². The zero-order valence-electron chi connectivity index (χ0n) is 17.3. The molecule has 0 saturated heterocycles. The Hall–Kier alpha value is -2.64. The van der Waals surface area contributed by atoms with E-state index in [2.05, 4.69) is 39.2 Å². The van der Waals surface area contributed by atoms with Gasteiger partial charge < -0.3 is 9.30 Å². The van der Waals surface area contributed by atoms with E-state index in [0.29, 0.717) is 0 Å². The lowest BCUT2D eigenvalue weighted by atomic mass is 10.2. The van der Waals surface area contributed by atoms with Gasteiger partial charge in [0.05, 0.1) is 5.69 Å². The SMILES string of the molecule is CCn1c(SCc2csc(-c3ccccc3)n2)nnc1C(C)Oc1ccccc1C. The summed E-state index contributed by atoms with van der Waals surface area (Å²) in [5.74, 6) is 2.47. The average molecular weight is 437 g/mol. The third-order valence-electron chi connectivity index (χ3n) is 4.74. The molecule has 30 heavy (non-hydrogen) atoms. The van der Waals surface area contributed by atoms with Crippen molar-refractivity contribution in [2.45, 2.75) is 44.3 Å². The van der Waals surface area contributed by atoms with Crippen molar-refractivity contribution in [2.75, 3.05) is 0 Å². The van der Waals surface area contributed by atoms with Crippen LogP contribution in [0.1, 0.15) is 37.0 Å². The molecule has 2 heterocycles. The normalized spacial score (nSPS) is 12.1. The molecule has 0 spiro atoms. The maximum Gasteiger partial charge on any atom is 0.191 e. The molecule has 4 aromatic rings. The molecule has 0 aliphatic carbocycles. The third kappa shape index (κ3) is 4.57. The molecule has 0 saturated carbocycles. The Bertz CT molecular complexity index is 1110. The molecule has 0 fully saturated rings. The van der Waals surface area contributed by atoms with Crippen molar-refractivity contribution in [3.8, 4) is 16.3 Å². The van der Waals surface area contributed by atoms with Crippen molar-refractivity contribution >= 4 is 23.1 Å². The first-order valence-corrected chi connectivity index (χ1v) is 11.8. The fraction of sp³-hybridized carbons (Fsp3) is 0.261. The quantitative estimate of drug-likeness (QED) is 0.310. The van der Waals surface area contributed by atoms with Crippen molar-refractivity contribution in [3.05, 3.63) is 77.1 Å². The van der Waals surface area contributed by atoms with Gasteiger partial charge in [-0.05, 0) is 32.4 Å². The van der Waals surface area contributed by atoms with Gasteiger partial charge >= 0.3 is 0 Å². The molecule has 4 rings (SSSR count). The van der Waals surface area contributed by atoms with Crippen molar-refractivity contribution in [1.82, 2.24) is 19.7 Å². The van der Waals surface area contributed by atoms with Gasteiger partial charge in [0.25, 0.3) is 0 Å². The van der Waals surface area contributed by atoms with Crippen LogP contribution in [-0.4, -0.2) is 19.7 Å². The van der Waals surface area contributed by atoms with Gasteiger partial charge in [-0.3, -0.25) is 0 Å². The summed E-state index contributed by atoms with van der Waals surface area (Å²) in [6.45, 7) is 6.96. The van der Waals surface area contributed by atoms with Crippen LogP contribution in [0.5, 0.6) is 5.75 Å². The van der Waals surface area contributed by atoms with E-state index in [1.807, 2.05) is 56.3 Å². The molecule has 7 heteroatoms. The second-order valence-corrected chi connectivity index (χ2v) is 8.71. The van der Waals surface area contributed by atoms with Crippen LogP contribution in [0, 0.1) is 6.92 Å². The molecular weight excluding hydrogens is 412 g/mol. The first-order chi connectivity index (χ1) is 14.7. The van der Waals surface area contributed by atoms with E-state index in [0.717, 1.165) is 50.9 Å². The van der Waals surface area contributed by atoms with Gasteiger partial charge in [-0.1, -0.05) is 60.3 Å². The molecule has 1 atom stereocenters. The minimum absolute atomic E-state index is 0.183. The Morgan fingerprint density at radius 2 is 1.83 bits per heavy atom. The molecule has 0 aliphatic rings. The Labute approximate surface area is 185 Å². The number of nitrogens with zero attached hydrogens (tertiary/aromatic N) is 4. The van der Waals surface area contributed by atoms with Gasteiger partial charge in [0, 0.05) is 23.2 Å². The first kappa shape index (κ1) is 20.6. The number of hydrogen-bond acceptors (Lipinski definition) is 6. The average Bonchev–Trinajstić information content (AvgIpc) is 3.41. The van der Waals surface area contributed by atoms with Gasteiger partial charge in [-0.2, -0.15) is 0 Å². The van der Waals surface area contributed by atoms with Crippen molar-refractivity contribution in [1.29, 1.82) is 0 Å². The Balaban J connectivity index is 1.45. The minimum Gasteiger partial charge on any atom is -0.482 e. The molecule has 0 bridgehead atoms. The first-order valence-electron chi connectivity index (χ1n) is 9.93. The highest BCUT2D eigenvalue weighted by atomic mass is 32.2. The molecular formula is C23H24N4OS2. The highest BCUT2D eigenvalue weighted by Crippen LogP contribution is 2.29. The highest BCUT2D eigenvalue weighted by Gasteiger charge is 2.19. The fourth-order valence-corrected chi connectivity index (χ4v) is 4.99. The number of rotatable bonds is 8. The number of thiazole rings is 1. The van der Waals surface area contributed by atoms with Crippen LogP contribution in [0.3, 0.4) is 0 Å². The van der Waals surface area contributed by atoms with E-state index in [-0.39, 0.29) is 6.10 Å². The molecule has 154 valence electrons. The van der Waals surface area contributed by atoms with Crippen molar-refractivity contribution in [2.24, 2.45) is 0 Å². The lowest BCUT2D eigenvalue weighted by Crippen LogP contribution is -2.12. The van der Waals surface area contributed by atoms with Crippen LogP contribution >= 0.6 is 23.1 Å². The summed E-state index contributed by atoms with van der Waals surface area (Å²) in [6, 6.07) is 18.3. The maximum atomic E-state index is 6.16. The summed E-state index contributed by atoms with van der Waals surface area (Å²) in [4.78, 5) is 4.77. The second-order valence-electron chi connectivity index (χ2n) is 6.91. The smallest absolute Gasteiger partial charge is 0.191 e. The van der Waals surface area contributed by atoms with Gasteiger partial charge in [0.2, 0.25) is 0 Å². The minimum atomic E-state index is -0.183. The molecule has 0 radical (unpaired) electrons. The third-order valence-corrected chi connectivity index (χ3v) is 6.68. The Morgan fingerprint density at radius 1 is 1.07 bits per heavy atom. The summed E-state index contributed by atoms with van der Waals surface area (Å²) in [6.07, 6.45) is -0.183. The standard InChI is InChI=1S/C23H24N4OS2/c1-4-27-21(17(3)28-20-13-9-8-10-16(20)2)25-26-23(27)30-15-19-14-29-22(24-19)18-11-6-5-7-12-18/h5-14,17H,4,15H2,1-3H3. The summed E-state index contributed by atoms with van der Waals surface area (Å²) < 4.78 is 8.28. The number of aromatic nitrogens is 4. The van der Waals surface area contributed by atoms with Gasteiger partial charge in [-0.15, -0.1) is 21.5 Å². The van der Waals surface area contributed by atoms with Crippen molar-refractivity contribution in [3.63, 3.8) is 0 Å². The van der Waals surface area contributed by atoms with E-state index in [1.165, 1.54) is 0 Å². The van der Waals surface area contributed by atoms with E-state index < -0.39 is 0 Å². The lowest BCUT2D eigenvalue weighted by Gasteiger charge is -2.16. The van der Waals surface area contributed by atoms with E-state index >= 15 is 0 Å². The van der Waals surface area contributed by atoms with Gasteiger partial charge in [0.15, 0.2) is 17.1 Å².